The second-order valence-electron chi connectivity index (χ2n) is 8.51. The zero-order chi connectivity index (χ0) is 24.9. The molecule has 2 aromatic carbocycles. The number of hydrogen-bond donors (Lipinski definition) is 2. The number of carbonyl (C=O) groups is 1. The first kappa shape index (κ1) is 24.1. The normalized spacial score (nSPS) is 17.1. The Morgan fingerprint density at radius 3 is 2.61 bits per heavy atom. The summed E-state index contributed by atoms with van der Waals surface area (Å²) in [6.07, 6.45) is 2.06. The van der Waals surface area contributed by atoms with E-state index in [4.69, 9.17) is 16.6 Å². The van der Waals surface area contributed by atoms with Crippen LogP contribution >= 0.6 is 24.0 Å². The average Bonchev–Trinajstić information content (AvgIpc) is 3.49. The van der Waals surface area contributed by atoms with Gasteiger partial charge in [0.15, 0.2) is 10.2 Å². The lowest BCUT2D eigenvalue weighted by atomic mass is 10.0. The average molecular weight is 515 g/mol. The predicted octanol–water partition coefficient (Wildman–Crippen LogP) is 6.14. The molecule has 0 saturated carbocycles. The van der Waals surface area contributed by atoms with Gasteiger partial charge in [-0.05, 0) is 67.2 Å². The van der Waals surface area contributed by atoms with Crippen molar-refractivity contribution in [2.24, 2.45) is 0 Å². The molecule has 1 aliphatic rings. The van der Waals surface area contributed by atoms with Gasteiger partial charge in [-0.1, -0.05) is 54.2 Å². The lowest BCUT2D eigenvalue weighted by Gasteiger charge is -2.25. The van der Waals surface area contributed by atoms with Crippen LogP contribution in [0.3, 0.4) is 0 Å². The van der Waals surface area contributed by atoms with Gasteiger partial charge >= 0.3 is 0 Å². The third-order valence-corrected chi connectivity index (χ3v) is 7.33. The van der Waals surface area contributed by atoms with Gasteiger partial charge in [0.1, 0.15) is 11.8 Å². The maximum Gasteiger partial charge on any atom is 0.226 e. The molecule has 0 radical (unpaired) electrons. The van der Waals surface area contributed by atoms with E-state index in [-0.39, 0.29) is 24.4 Å². The minimum Gasteiger partial charge on any atom is -0.452 e. The Balaban J connectivity index is 1.36. The van der Waals surface area contributed by atoms with Crippen LogP contribution in [0.25, 0.3) is 0 Å². The maximum atomic E-state index is 12.8. The highest BCUT2D eigenvalue weighted by atomic mass is 32.2. The van der Waals surface area contributed by atoms with Crippen LogP contribution in [0, 0.1) is 6.92 Å². The fraction of sp³-hybridized carbons (Fsp3) is 0.179. The van der Waals surface area contributed by atoms with Gasteiger partial charge in [-0.2, -0.15) is 0 Å². The third-order valence-electron chi connectivity index (χ3n) is 6.05. The first-order valence-electron chi connectivity index (χ1n) is 11.7. The number of nitrogens with zero attached hydrogens (tertiary/aromatic N) is 2. The van der Waals surface area contributed by atoms with E-state index in [0.29, 0.717) is 11.7 Å². The minimum absolute atomic E-state index is 0.0631. The summed E-state index contributed by atoms with van der Waals surface area (Å²) in [4.78, 5) is 20.5. The Kier molecular flexibility index (Phi) is 7.34. The van der Waals surface area contributed by atoms with Crippen LogP contribution in [0.2, 0.25) is 0 Å². The van der Waals surface area contributed by atoms with Crippen LogP contribution in [0.5, 0.6) is 0 Å². The highest BCUT2D eigenvalue weighted by molar-refractivity contribution is 7.99. The van der Waals surface area contributed by atoms with Gasteiger partial charge in [-0.25, -0.2) is 0 Å². The Morgan fingerprint density at radius 2 is 1.83 bits per heavy atom. The second kappa shape index (κ2) is 11.0. The first-order valence-corrected chi connectivity index (χ1v) is 13.0. The van der Waals surface area contributed by atoms with E-state index in [1.54, 1.807) is 18.0 Å². The van der Waals surface area contributed by atoms with E-state index in [9.17, 15) is 4.79 Å². The summed E-state index contributed by atoms with van der Waals surface area (Å²) in [6.45, 7) is 2.42. The highest BCUT2D eigenvalue weighted by Gasteiger charge is 2.41. The monoisotopic (exact) mass is 514 g/mol. The van der Waals surface area contributed by atoms with Crippen LogP contribution in [0.4, 0.5) is 5.69 Å². The van der Waals surface area contributed by atoms with Crippen molar-refractivity contribution in [2.75, 3.05) is 11.9 Å². The first-order chi connectivity index (χ1) is 17.6. The Bertz CT molecular complexity index is 1340. The summed E-state index contributed by atoms with van der Waals surface area (Å²) in [6, 6.07) is 27.2. The molecule has 1 fully saturated rings. The van der Waals surface area contributed by atoms with Gasteiger partial charge in [0, 0.05) is 29.7 Å². The van der Waals surface area contributed by atoms with Crippen molar-refractivity contribution in [1.29, 1.82) is 0 Å². The number of anilines is 1. The molecule has 0 bridgehead atoms. The molecule has 1 aliphatic heterocycles. The number of aryl methyl sites for hydroxylation is 1. The number of furan rings is 1. The molecule has 4 aromatic rings. The van der Waals surface area contributed by atoms with Crippen molar-refractivity contribution in [3.63, 3.8) is 0 Å². The van der Waals surface area contributed by atoms with Crippen molar-refractivity contribution in [1.82, 2.24) is 15.2 Å². The number of benzene rings is 2. The molecule has 36 heavy (non-hydrogen) atoms. The molecule has 2 N–H and O–H groups in total. The number of carbonyl (C=O) groups excluding carboxylic acids is 1. The van der Waals surface area contributed by atoms with E-state index in [1.165, 1.54) is 0 Å². The van der Waals surface area contributed by atoms with E-state index in [2.05, 4.69) is 27.8 Å². The minimum atomic E-state index is -0.233. The zero-order valence-corrected chi connectivity index (χ0v) is 21.4. The lowest BCUT2D eigenvalue weighted by Crippen LogP contribution is -2.32. The molecule has 6 nitrogen and oxygen atoms in total. The van der Waals surface area contributed by atoms with Crippen molar-refractivity contribution in [2.45, 2.75) is 35.4 Å². The van der Waals surface area contributed by atoms with E-state index in [0.717, 1.165) is 32.7 Å². The van der Waals surface area contributed by atoms with Crippen LogP contribution in [0.15, 0.2) is 106 Å². The van der Waals surface area contributed by atoms with Crippen LogP contribution in [0.1, 0.15) is 35.5 Å². The van der Waals surface area contributed by atoms with E-state index >= 15 is 0 Å². The van der Waals surface area contributed by atoms with E-state index < -0.39 is 0 Å². The molecule has 3 heterocycles. The van der Waals surface area contributed by atoms with Gasteiger partial charge < -0.3 is 20.0 Å². The summed E-state index contributed by atoms with van der Waals surface area (Å²) in [5.74, 6) is 0.711. The number of para-hydroxylation sites is 1. The SMILES string of the molecule is Cc1ccccc1NC(=O)CCN1C(=S)N[C@@H](c2ccccn2)[C@@H]1c1ccc(Sc2ccccc2)o1. The number of nitrogens with one attached hydrogen (secondary N) is 2. The Morgan fingerprint density at radius 1 is 1.06 bits per heavy atom. The van der Waals surface area contributed by atoms with Crippen molar-refractivity contribution in [3.8, 4) is 0 Å². The fourth-order valence-electron chi connectivity index (χ4n) is 4.26. The molecule has 182 valence electrons. The number of rotatable bonds is 8. The molecule has 0 spiro atoms. The summed E-state index contributed by atoms with van der Waals surface area (Å²) in [7, 11) is 0. The largest absolute Gasteiger partial charge is 0.452 e. The predicted molar refractivity (Wildman–Crippen MR) is 146 cm³/mol. The summed E-state index contributed by atoms with van der Waals surface area (Å²) < 4.78 is 6.31. The van der Waals surface area contributed by atoms with Crippen molar-refractivity contribution < 1.29 is 9.21 Å². The molecule has 2 atom stereocenters. The molecular weight excluding hydrogens is 488 g/mol. The van der Waals surface area contributed by atoms with Gasteiger partial charge in [0.05, 0.1) is 11.7 Å². The summed E-state index contributed by atoms with van der Waals surface area (Å²) in [5, 5.41) is 7.79. The molecule has 1 amide bonds. The number of amides is 1. The van der Waals surface area contributed by atoms with Gasteiger partial charge in [0.25, 0.3) is 0 Å². The standard InChI is InChI=1S/C28H26N4O2S2/c1-19-9-5-6-12-21(19)30-24(33)16-18-32-27(26(31-28(32)35)22-13-7-8-17-29-22)23-14-15-25(34-23)36-20-10-3-2-4-11-20/h2-15,17,26-27H,16,18H2,1H3,(H,30,33)(H,31,35)/t26-,27-/m0/s1. The number of hydrogen-bond acceptors (Lipinski definition) is 5. The maximum absolute atomic E-state index is 12.8. The Hall–Kier alpha value is -3.62. The smallest absolute Gasteiger partial charge is 0.226 e. The van der Waals surface area contributed by atoms with Crippen LogP contribution in [-0.4, -0.2) is 27.4 Å². The highest BCUT2D eigenvalue weighted by Crippen LogP contribution is 2.41. The van der Waals surface area contributed by atoms with Gasteiger partial charge in [-0.15, -0.1) is 0 Å². The number of aromatic nitrogens is 1. The van der Waals surface area contributed by atoms with Crippen molar-refractivity contribution >= 4 is 40.7 Å². The molecule has 1 saturated heterocycles. The second-order valence-corrected chi connectivity index (χ2v) is 9.97. The van der Waals surface area contributed by atoms with E-state index in [1.807, 2.05) is 84.6 Å². The van der Waals surface area contributed by atoms with Gasteiger partial charge in [0.2, 0.25) is 5.91 Å². The summed E-state index contributed by atoms with van der Waals surface area (Å²) in [5.41, 5.74) is 2.71. The lowest BCUT2D eigenvalue weighted by molar-refractivity contribution is -0.116. The topological polar surface area (TPSA) is 70.4 Å². The van der Waals surface area contributed by atoms with Gasteiger partial charge in [-0.3, -0.25) is 9.78 Å². The summed E-state index contributed by atoms with van der Waals surface area (Å²) >= 11 is 7.29. The Labute approximate surface area is 220 Å². The van der Waals surface area contributed by atoms with Crippen LogP contribution in [-0.2, 0) is 4.79 Å². The van der Waals surface area contributed by atoms with Crippen molar-refractivity contribution in [3.05, 3.63) is 108 Å². The molecule has 5 rings (SSSR count). The number of thiocarbonyl (C=S) groups is 1. The zero-order valence-electron chi connectivity index (χ0n) is 19.8. The molecule has 0 aliphatic carbocycles. The molecular formula is C28H26N4O2S2. The third kappa shape index (κ3) is 5.45. The molecule has 0 unspecified atom stereocenters. The fourth-order valence-corrected chi connectivity index (χ4v) is 5.39. The van der Waals surface area contributed by atoms with Crippen LogP contribution < -0.4 is 10.6 Å². The number of pyridine rings is 1. The quantitative estimate of drug-likeness (QED) is 0.274. The molecule has 2 aromatic heterocycles. The molecule has 8 heteroatoms.